The van der Waals surface area contributed by atoms with Gasteiger partial charge in [0.2, 0.25) is 5.95 Å². The molecular formula is C20H21N5O3. The molecule has 28 heavy (non-hydrogen) atoms. The lowest BCUT2D eigenvalue weighted by Crippen LogP contribution is -2.56. The molecule has 0 atom stereocenters. The summed E-state index contributed by atoms with van der Waals surface area (Å²) < 4.78 is 5.93. The lowest BCUT2D eigenvalue weighted by molar-refractivity contribution is 0.00727. The van der Waals surface area contributed by atoms with E-state index in [-0.39, 0.29) is 11.0 Å². The van der Waals surface area contributed by atoms with Crippen molar-refractivity contribution in [3.8, 4) is 0 Å². The van der Waals surface area contributed by atoms with E-state index in [0.29, 0.717) is 5.95 Å². The number of nitrogens with one attached hydrogen (secondary N) is 1. The molecule has 0 unspecified atom stereocenters. The van der Waals surface area contributed by atoms with Gasteiger partial charge in [0.25, 0.3) is 5.91 Å². The van der Waals surface area contributed by atoms with Crippen molar-refractivity contribution in [1.82, 2.24) is 20.3 Å². The van der Waals surface area contributed by atoms with Gasteiger partial charge in [0.15, 0.2) is 0 Å². The van der Waals surface area contributed by atoms with E-state index in [1.54, 1.807) is 5.48 Å². The maximum absolute atomic E-state index is 11.4. The lowest BCUT2D eigenvalue weighted by Gasteiger charge is -2.47. The van der Waals surface area contributed by atoms with E-state index in [2.05, 4.69) is 31.9 Å². The summed E-state index contributed by atoms with van der Waals surface area (Å²) in [6, 6.07) is 10.2. The third-order valence-electron chi connectivity index (χ3n) is 5.70. The quantitative estimate of drug-likeness (QED) is 0.529. The number of likely N-dealkylation sites (tertiary alicyclic amines) is 1. The number of amides is 1. The van der Waals surface area contributed by atoms with E-state index < -0.39 is 5.91 Å². The highest BCUT2D eigenvalue weighted by atomic mass is 16.5. The fourth-order valence-corrected chi connectivity index (χ4v) is 4.38. The van der Waals surface area contributed by atoms with Gasteiger partial charge in [0.1, 0.15) is 11.3 Å². The number of benzene rings is 1. The van der Waals surface area contributed by atoms with Crippen molar-refractivity contribution in [2.24, 2.45) is 5.41 Å². The van der Waals surface area contributed by atoms with Crippen LogP contribution in [0.25, 0.3) is 11.0 Å². The molecule has 0 saturated carbocycles. The van der Waals surface area contributed by atoms with Crippen LogP contribution < -0.4 is 10.4 Å². The summed E-state index contributed by atoms with van der Waals surface area (Å²) in [7, 11) is 0. The number of anilines is 1. The van der Waals surface area contributed by atoms with E-state index in [4.69, 9.17) is 9.62 Å². The average molecular weight is 379 g/mol. The van der Waals surface area contributed by atoms with Crippen molar-refractivity contribution in [1.29, 1.82) is 0 Å². The number of carbonyl (C=O) groups is 1. The van der Waals surface area contributed by atoms with Gasteiger partial charge in [-0.1, -0.05) is 18.2 Å². The molecule has 2 saturated heterocycles. The largest absolute Gasteiger partial charge is 0.460 e. The molecule has 1 amide bonds. The van der Waals surface area contributed by atoms with Crippen LogP contribution >= 0.6 is 0 Å². The molecule has 1 spiro atoms. The highest BCUT2D eigenvalue weighted by Crippen LogP contribution is 2.41. The summed E-state index contributed by atoms with van der Waals surface area (Å²) in [6.07, 6.45) is 3.98. The molecule has 144 valence electrons. The summed E-state index contributed by atoms with van der Waals surface area (Å²) in [5.41, 5.74) is 3.04. The number of para-hydroxylation sites is 1. The molecule has 0 aliphatic carbocycles. The van der Waals surface area contributed by atoms with E-state index in [9.17, 15) is 4.79 Å². The van der Waals surface area contributed by atoms with Crippen LogP contribution in [0.1, 0.15) is 22.5 Å². The first-order chi connectivity index (χ1) is 13.6. The smallest absolute Gasteiger partial charge is 0.277 e. The molecule has 3 aromatic rings. The monoisotopic (exact) mass is 379 g/mol. The van der Waals surface area contributed by atoms with Crippen molar-refractivity contribution in [2.45, 2.75) is 13.0 Å². The van der Waals surface area contributed by atoms with Gasteiger partial charge in [0, 0.05) is 49.4 Å². The number of fused-ring (bicyclic) bond motifs is 1. The van der Waals surface area contributed by atoms with Crippen LogP contribution in [0, 0.1) is 5.41 Å². The van der Waals surface area contributed by atoms with Gasteiger partial charge in [-0.2, -0.15) is 0 Å². The number of furan rings is 1. The molecule has 2 aliphatic heterocycles. The van der Waals surface area contributed by atoms with E-state index in [1.807, 2.05) is 18.2 Å². The van der Waals surface area contributed by atoms with Crippen LogP contribution in [0.5, 0.6) is 0 Å². The Kier molecular flexibility index (Phi) is 4.03. The van der Waals surface area contributed by atoms with E-state index in [1.165, 1.54) is 12.4 Å². The molecule has 2 fully saturated rings. The molecule has 1 aromatic carbocycles. The Morgan fingerprint density at radius 3 is 2.75 bits per heavy atom. The third kappa shape index (κ3) is 3.00. The second-order valence-corrected chi connectivity index (χ2v) is 7.78. The minimum Gasteiger partial charge on any atom is -0.460 e. The first-order valence-electron chi connectivity index (χ1n) is 9.35. The van der Waals surface area contributed by atoms with Crippen LogP contribution in [-0.4, -0.2) is 52.2 Å². The normalized spacial score (nSPS) is 18.5. The Morgan fingerprint density at radius 1 is 1.21 bits per heavy atom. The van der Waals surface area contributed by atoms with Crippen LogP contribution in [0.15, 0.2) is 47.1 Å². The zero-order valence-corrected chi connectivity index (χ0v) is 15.3. The predicted molar refractivity (Wildman–Crippen MR) is 102 cm³/mol. The Bertz CT molecular complexity index is 977. The van der Waals surface area contributed by atoms with Crippen LogP contribution in [0.4, 0.5) is 5.95 Å². The summed E-state index contributed by atoms with van der Waals surface area (Å²) in [5, 5.41) is 9.82. The molecule has 2 aromatic heterocycles. The van der Waals surface area contributed by atoms with Crippen LogP contribution in [0.2, 0.25) is 0 Å². The predicted octanol–water partition coefficient (Wildman–Crippen LogP) is 2.05. The van der Waals surface area contributed by atoms with Gasteiger partial charge in [0.05, 0.1) is 12.1 Å². The minimum atomic E-state index is -0.607. The second kappa shape index (κ2) is 6.57. The molecule has 0 radical (unpaired) electrons. The number of rotatable bonds is 4. The van der Waals surface area contributed by atoms with Gasteiger partial charge in [-0.25, -0.2) is 15.4 Å². The van der Waals surface area contributed by atoms with Crippen LogP contribution in [0.3, 0.4) is 0 Å². The summed E-state index contributed by atoms with van der Waals surface area (Å²) in [6.45, 7) is 4.72. The summed E-state index contributed by atoms with van der Waals surface area (Å²) >= 11 is 0. The Labute approximate surface area is 161 Å². The molecule has 5 rings (SSSR count). The molecular weight excluding hydrogens is 358 g/mol. The first-order valence-corrected chi connectivity index (χ1v) is 9.35. The van der Waals surface area contributed by atoms with Crippen molar-refractivity contribution in [2.75, 3.05) is 31.1 Å². The SMILES string of the molecule is O=C(NO)c1cnc(N2CCC3(CN(Cc4cc5ccccc5o4)C3)C2)nc1. The fourth-order valence-electron chi connectivity index (χ4n) is 4.38. The molecule has 4 heterocycles. The van der Waals surface area contributed by atoms with Crippen molar-refractivity contribution in [3.63, 3.8) is 0 Å². The Morgan fingerprint density at radius 2 is 2.00 bits per heavy atom. The van der Waals surface area contributed by atoms with Gasteiger partial charge in [-0.05, 0) is 18.6 Å². The maximum Gasteiger partial charge on any atom is 0.277 e. The average Bonchev–Trinajstić information content (AvgIpc) is 3.31. The topological polar surface area (TPSA) is 94.7 Å². The molecule has 2 N–H and O–H groups in total. The van der Waals surface area contributed by atoms with Crippen molar-refractivity contribution in [3.05, 3.63) is 54.0 Å². The zero-order valence-electron chi connectivity index (χ0n) is 15.3. The summed E-state index contributed by atoms with van der Waals surface area (Å²) in [4.78, 5) is 24.5. The number of nitrogens with zero attached hydrogens (tertiary/aromatic N) is 4. The number of hydroxylamine groups is 1. The highest BCUT2D eigenvalue weighted by molar-refractivity contribution is 5.92. The van der Waals surface area contributed by atoms with Gasteiger partial charge in [-0.3, -0.25) is 14.9 Å². The second-order valence-electron chi connectivity index (χ2n) is 7.78. The molecule has 8 nitrogen and oxygen atoms in total. The zero-order chi connectivity index (χ0) is 19.1. The van der Waals surface area contributed by atoms with Gasteiger partial charge < -0.3 is 9.32 Å². The fraction of sp³-hybridized carbons (Fsp3) is 0.350. The van der Waals surface area contributed by atoms with Gasteiger partial charge in [-0.15, -0.1) is 0 Å². The number of hydrogen-bond donors (Lipinski definition) is 2. The van der Waals surface area contributed by atoms with Gasteiger partial charge >= 0.3 is 0 Å². The van der Waals surface area contributed by atoms with Crippen molar-refractivity contribution >= 4 is 22.8 Å². The molecule has 0 bridgehead atoms. The Balaban J connectivity index is 1.19. The number of carbonyl (C=O) groups excluding carboxylic acids is 1. The first kappa shape index (κ1) is 17.2. The Hall–Kier alpha value is -2.97. The van der Waals surface area contributed by atoms with E-state index >= 15 is 0 Å². The highest BCUT2D eigenvalue weighted by Gasteiger charge is 2.48. The van der Waals surface area contributed by atoms with Crippen molar-refractivity contribution < 1.29 is 14.4 Å². The number of aromatic nitrogens is 2. The molecule has 8 heteroatoms. The maximum atomic E-state index is 11.4. The standard InChI is InChI=1S/C20H21N5O3/c26-18(23-27)15-8-21-19(22-9-15)25-6-5-20(13-25)11-24(12-20)10-16-7-14-3-1-2-4-17(14)28-16/h1-4,7-9,27H,5-6,10-13H2,(H,23,26). The minimum absolute atomic E-state index is 0.237. The number of hydrogen-bond acceptors (Lipinski definition) is 7. The van der Waals surface area contributed by atoms with E-state index in [0.717, 1.165) is 55.9 Å². The third-order valence-corrected chi connectivity index (χ3v) is 5.70. The summed E-state index contributed by atoms with van der Waals surface area (Å²) in [5.74, 6) is 1.03. The molecule has 2 aliphatic rings. The lowest BCUT2D eigenvalue weighted by atomic mass is 9.79. The van der Waals surface area contributed by atoms with Crippen LogP contribution in [-0.2, 0) is 6.54 Å².